The average molecular weight is 313 g/mol. The van der Waals surface area contributed by atoms with Gasteiger partial charge in [0.25, 0.3) is 5.56 Å². The second kappa shape index (κ2) is 4.46. The summed E-state index contributed by atoms with van der Waals surface area (Å²) in [6, 6.07) is 5.28. The molecule has 0 aliphatic heterocycles. The van der Waals surface area contributed by atoms with E-state index in [0.29, 0.717) is 5.69 Å². The number of aromatic amines is 1. The fourth-order valence-corrected chi connectivity index (χ4v) is 2.53. The lowest BCUT2D eigenvalue weighted by Gasteiger charge is -2.14. The highest BCUT2D eigenvalue weighted by Gasteiger charge is 2.35. The van der Waals surface area contributed by atoms with Crippen LogP contribution in [0.15, 0.2) is 29.1 Å². The van der Waals surface area contributed by atoms with E-state index in [1.165, 1.54) is 31.2 Å². The Bertz CT molecular complexity index is 931. The van der Waals surface area contributed by atoms with Gasteiger partial charge < -0.3 is 4.98 Å². The third-order valence-electron chi connectivity index (χ3n) is 3.15. The van der Waals surface area contributed by atoms with Crippen molar-refractivity contribution in [2.24, 2.45) is 0 Å². The van der Waals surface area contributed by atoms with Gasteiger partial charge in [0.1, 0.15) is 5.52 Å². The molecule has 1 aromatic carbocycles. The lowest BCUT2D eigenvalue weighted by molar-refractivity contribution is -0.135. The normalized spacial score (nSPS) is 12.2. The third-order valence-corrected chi connectivity index (χ3v) is 3.39. The Morgan fingerprint density at radius 3 is 2.57 bits per heavy atom. The second-order valence-electron chi connectivity index (χ2n) is 4.69. The molecule has 0 aliphatic rings. The maximum Gasteiger partial charge on any atom is 0.417 e. The first-order valence-corrected chi connectivity index (χ1v) is 6.35. The van der Waals surface area contributed by atoms with Crippen LogP contribution >= 0.6 is 11.6 Å². The van der Waals surface area contributed by atoms with E-state index in [2.05, 4.69) is 9.97 Å². The first-order chi connectivity index (χ1) is 9.77. The summed E-state index contributed by atoms with van der Waals surface area (Å²) in [5, 5.41) is -0.165. The van der Waals surface area contributed by atoms with Crippen LogP contribution in [-0.2, 0) is 6.18 Å². The SMILES string of the molecule is Cc1cc2c(C(F)(F)F)c3cc(Cl)ccc3nc2c(=O)[nH]1. The van der Waals surface area contributed by atoms with Crippen molar-refractivity contribution in [3.63, 3.8) is 0 Å². The van der Waals surface area contributed by atoms with Crippen molar-refractivity contribution >= 4 is 33.4 Å². The fraction of sp³-hybridized carbons (Fsp3) is 0.143. The minimum Gasteiger partial charge on any atom is -0.325 e. The van der Waals surface area contributed by atoms with Crippen LogP contribution in [0.4, 0.5) is 13.2 Å². The van der Waals surface area contributed by atoms with E-state index in [0.717, 1.165) is 0 Å². The molecule has 0 amide bonds. The average Bonchev–Trinajstić information content (AvgIpc) is 2.34. The van der Waals surface area contributed by atoms with Crippen LogP contribution in [0.2, 0.25) is 5.02 Å². The van der Waals surface area contributed by atoms with Crippen LogP contribution < -0.4 is 5.56 Å². The molecule has 2 heterocycles. The fourth-order valence-electron chi connectivity index (χ4n) is 2.36. The van der Waals surface area contributed by atoms with Gasteiger partial charge in [0, 0.05) is 21.5 Å². The molecule has 21 heavy (non-hydrogen) atoms. The molecule has 0 spiro atoms. The summed E-state index contributed by atoms with van der Waals surface area (Å²) in [5.41, 5.74) is -1.36. The van der Waals surface area contributed by atoms with Crippen LogP contribution in [0.25, 0.3) is 21.8 Å². The van der Waals surface area contributed by atoms with Gasteiger partial charge in [-0.1, -0.05) is 11.6 Å². The predicted octanol–water partition coefficient (Wildman–Crippen LogP) is 4.06. The summed E-state index contributed by atoms with van der Waals surface area (Å²) in [4.78, 5) is 18.4. The summed E-state index contributed by atoms with van der Waals surface area (Å²) in [6.07, 6.45) is -4.62. The van der Waals surface area contributed by atoms with Crippen molar-refractivity contribution in [3.8, 4) is 0 Å². The van der Waals surface area contributed by atoms with Gasteiger partial charge in [-0.3, -0.25) is 4.79 Å². The zero-order valence-electron chi connectivity index (χ0n) is 10.7. The number of pyridine rings is 2. The van der Waals surface area contributed by atoms with Crippen molar-refractivity contribution in [2.45, 2.75) is 13.1 Å². The van der Waals surface area contributed by atoms with Gasteiger partial charge in [0.15, 0.2) is 0 Å². The lowest BCUT2D eigenvalue weighted by atomic mass is 10.0. The number of H-pyrrole nitrogens is 1. The molecular formula is C14H8ClF3N2O. The Kier molecular flexibility index (Phi) is 2.95. The van der Waals surface area contributed by atoms with Crippen molar-refractivity contribution in [1.29, 1.82) is 0 Å². The Labute approximate surface area is 121 Å². The van der Waals surface area contributed by atoms with Gasteiger partial charge in [-0.05, 0) is 31.2 Å². The number of nitrogens with one attached hydrogen (secondary N) is 1. The maximum atomic E-state index is 13.5. The van der Waals surface area contributed by atoms with Crippen LogP contribution in [0, 0.1) is 6.92 Å². The summed E-state index contributed by atoms with van der Waals surface area (Å²) >= 11 is 5.79. The molecule has 3 nitrogen and oxygen atoms in total. The van der Waals surface area contributed by atoms with E-state index in [1.807, 2.05) is 0 Å². The van der Waals surface area contributed by atoms with E-state index in [-0.39, 0.29) is 26.8 Å². The Morgan fingerprint density at radius 1 is 1.19 bits per heavy atom. The Hall–Kier alpha value is -2.08. The highest BCUT2D eigenvalue weighted by atomic mass is 35.5. The first kappa shape index (κ1) is 13.9. The van der Waals surface area contributed by atoms with Crippen LogP contribution in [0.3, 0.4) is 0 Å². The molecule has 0 saturated carbocycles. The van der Waals surface area contributed by atoms with Gasteiger partial charge in [-0.2, -0.15) is 13.2 Å². The second-order valence-corrected chi connectivity index (χ2v) is 5.13. The van der Waals surface area contributed by atoms with E-state index >= 15 is 0 Å². The molecular weight excluding hydrogens is 305 g/mol. The topological polar surface area (TPSA) is 45.8 Å². The molecule has 0 radical (unpaired) electrons. The number of fused-ring (bicyclic) bond motifs is 2. The summed E-state index contributed by atoms with van der Waals surface area (Å²) in [5.74, 6) is 0. The van der Waals surface area contributed by atoms with E-state index < -0.39 is 17.3 Å². The molecule has 0 atom stereocenters. The molecule has 0 unspecified atom stereocenters. The van der Waals surface area contributed by atoms with Crippen molar-refractivity contribution in [1.82, 2.24) is 9.97 Å². The monoisotopic (exact) mass is 312 g/mol. The molecule has 2 aromatic heterocycles. The van der Waals surface area contributed by atoms with Crippen molar-refractivity contribution in [3.05, 3.63) is 50.9 Å². The maximum absolute atomic E-state index is 13.5. The molecule has 0 aliphatic carbocycles. The number of benzene rings is 1. The molecule has 3 aromatic rings. The Balaban J connectivity index is 2.66. The van der Waals surface area contributed by atoms with Crippen molar-refractivity contribution in [2.75, 3.05) is 0 Å². The molecule has 0 bridgehead atoms. The molecule has 0 fully saturated rings. The minimum atomic E-state index is -4.62. The summed E-state index contributed by atoms with van der Waals surface area (Å²) < 4.78 is 40.4. The molecule has 108 valence electrons. The zero-order chi connectivity index (χ0) is 15.4. The van der Waals surface area contributed by atoms with Crippen LogP contribution in [0.1, 0.15) is 11.3 Å². The van der Waals surface area contributed by atoms with Gasteiger partial charge in [-0.15, -0.1) is 0 Å². The predicted molar refractivity (Wildman–Crippen MR) is 74.6 cm³/mol. The lowest BCUT2D eigenvalue weighted by Crippen LogP contribution is -2.14. The molecule has 0 saturated heterocycles. The summed E-state index contributed by atoms with van der Waals surface area (Å²) in [6.45, 7) is 1.52. The number of hydrogen-bond donors (Lipinski definition) is 1. The number of alkyl halides is 3. The van der Waals surface area contributed by atoms with E-state index in [9.17, 15) is 18.0 Å². The van der Waals surface area contributed by atoms with E-state index in [1.54, 1.807) is 0 Å². The van der Waals surface area contributed by atoms with Gasteiger partial charge >= 0.3 is 6.18 Å². The van der Waals surface area contributed by atoms with Crippen LogP contribution in [0.5, 0.6) is 0 Å². The van der Waals surface area contributed by atoms with Gasteiger partial charge in [0.2, 0.25) is 0 Å². The Morgan fingerprint density at radius 2 is 1.90 bits per heavy atom. The molecule has 3 rings (SSSR count). The largest absolute Gasteiger partial charge is 0.417 e. The standard InChI is InChI=1S/C14H8ClF3N2O/c1-6-4-9-11(14(16,17)18)8-5-7(15)2-3-10(8)20-12(9)13(21)19-6/h2-5H,1H3,(H,19,21). The highest BCUT2D eigenvalue weighted by molar-refractivity contribution is 6.31. The molecule has 1 N–H and O–H groups in total. The minimum absolute atomic E-state index is 0.0774. The number of hydrogen-bond acceptors (Lipinski definition) is 2. The number of nitrogens with zero attached hydrogens (tertiary/aromatic N) is 1. The number of halogens is 4. The zero-order valence-corrected chi connectivity index (χ0v) is 11.4. The number of aryl methyl sites for hydroxylation is 1. The third kappa shape index (κ3) is 2.25. The smallest absolute Gasteiger partial charge is 0.325 e. The summed E-state index contributed by atoms with van der Waals surface area (Å²) in [7, 11) is 0. The first-order valence-electron chi connectivity index (χ1n) is 5.97. The molecule has 7 heteroatoms. The van der Waals surface area contributed by atoms with Gasteiger partial charge in [-0.25, -0.2) is 4.98 Å². The number of aromatic nitrogens is 2. The van der Waals surface area contributed by atoms with Crippen LogP contribution in [-0.4, -0.2) is 9.97 Å². The quantitative estimate of drug-likeness (QED) is 0.636. The van der Waals surface area contributed by atoms with Crippen molar-refractivity contribution < 1.29 is 13.2 Å². The highest BCUT2D eigenvalue weighted by Crippen LogP contribution is 2.39. The van der Waals surface area contributed by atoms with Gasteiger partial charge in [0.05, 0.1) is 11.1 Å². The number of rotatable bonds is 0. The van der Waals surface area contributed by atoms with E-state index in [4.69, 9.17) is 11.6 Å².